The van der Waals surface area contributed by atoms with E-state index in [9.17, 15) is 23.4 Å². The zero-order valence-corrected chi connectivity index (χ0v) is 16.9. The van der Waals surface area contributed by atoms with E-state index in [4.69, 9.17) is 17.0 Å². The molecule has 1 aromatic rings. The second-order valence-electron chi connectivity index (χ2n) is 6.61. The summed E-state index contributed by atoms with van der Waals surface area (Å²) >= 11 is 5.09. The van der Waals surface area contributed by atoms with Crippen molar-refractivity contribution in [1.82, 2.24) is 5.32 Å². The molecule has 0 radical (unpaired) electrons. The number of thiocarbonyl (C=S) groups is 1. The van der Waals surface area contributed by atoms with Crippen molar-refractivity contribution in [3.63, 3.8) is 0 Å². The summed E-state index contributed by atoms with van der Waals surface area (Å²) in [4.78, 5) is 12.1. The molecule has 9 heteroatoms. The monoisotopic (exact) mass is 425 g/mol. The minimum atomic E-state index is -4.51. The maximum atomic E-state index is 12.9. The third-order valence-corrected chi connectivity index (χ3v) is 4.83. The summed E-state index contributed by atoms with van der Waals surface area (Å²) in [7, 11) is 0. The molecule has 5 nitrogen and oxygen atoms in total. The first-order chi connectivity index (χ1) is 13.7. The molecular weight excluding hydrogens is 403 g/mol. The van der Waals surface area contributed by atoms with Gasteiger partial charge in [0, 0.05) is 22.8 Å². The second kappa shape index (κ2) is 9.93. The lowest BCUT2D eigenvalue weighted by atomic mass is 9.79. The van der Waals surface area contributed by atoms with Crippen LogP contribution in [0.3, 0.4) is 0 Å². The lowest BCUT2D eigenvalue weighted by Gasteiger charge is -2.30. The molecule has 1 atom stereocenters. The summed E-state index contributed by atoms with van der Waals surface area (Å²) in [5.41, 5.74) is 0.135. The van der Waals surface area contributed by atoms with Crippen LogP contribution in [0.4, 0.5) is 13.2 Å². The Morgan fingerprint density at radius 1 is 1.34 bits per heavy atom. The molecule has 2 aliphatic heterocycles. The van der Waals surface area contributed by atoms with Gasteiger partial charge in [0.15, 0.2) is 5.78 Å². The summed E-state index contributed by atoms with van der Waals surface area (Å²) in [5.74, 6) is 0.690. The van der Waals surface area contributed by atoms with E-state index < -0.39 is 17.7 Å². The minimum Gasteiger partial charge on any atom is -0.763 e. The van der Waals surface area contributed by atoms with Crippen molar-refractivity contribution in [1.29, 1.82) is 0 Å². The highest BCUT2D eigenvalue weighted by Gasteiger charge is 2.35. The SMILES string of the molecule is C1COCC[NH2+]1.CC(=O)C1=C(C)NC(=S)C(=C=[N-])C1c1cccc(C(F)(F)F)c1. The zero-order chi connectivity index (χ0) is 21.6. The fraction of sp³-hybridized carbons (Fsp3) is 0.400. The van der Waals surface area contributed by atoms with Crippen LogP contribution in [0.25, 0.3) is 5.41 Å². The number of benzene rings is 1. The number of ether oxygens (including phenoxy) is 1. The maximum absolute atomic E-state index is 12.9. The molecule has 1 aromatic carbocycles. The van der Waals surface area contributed by atoms with E-state index in [0.29, 0.717) is 5.70 Å². The maximum Gasteiger partial charge on any atom is 0.416 e. The number of quaternary nitrogens is 1. The summed E-state index contributed by atoms with van der Waals surface area (Å²) in [6, 6.07) is 4.61. The van der Waals surface area contributed by atoms with E-state index in [2.05, 4.69) is 10.6 Å². The highest BCUT2D eigenvalue weighted by atomic mass is 32.1. The number of Topliss-reactive ketones (excluding diaryl/α,β-unsaturated/α-hetero) is 1. The van der Waals surface area contributed by atoms with E-state index in [1.807, 2.05) is 5.87 Å². The molecule has 0 aromatic heterocycles. The van der Waals surface area contributed by atoms with Crippen LogP contribution in [0.1, 0.15) is 30.9 Å². The van der Waals surface area contributed by atoms with Gasteiger partial charge in [0.2, 0.25) is 0 Å². The number of rotatable bonds is 2. The van der Waals surface area contributed by atoms with Gasteiger partial charge >= 0.3 is 6.18 Å². The molecule has 0 amide bonds. The first kappa shape index (κ1) is 23.0. The Balaban J connectivity index is 0.000000426. The number of allylic oxidation sites excluding steroid dienone is 2. The number of carbonyl (C=O) groups is 1. The molecule has 2 heterocycles. The molecular formula is C20H22F3N3O2S. The third-order valence-electron chi connectivity index (χ3n) is 4.51. The van der Waals surface area contributed by atoms with Crippen LogP contribution < -0.4 is 10.6 Å². The largest absolute Gasteiger partial charge is 0.763 e. The summed E-state index contributed by atoms with van der Waals surface area (Å²) < 4.78 is 43.8. The van der Waals surface area contributed by atoms with Crippen LogP contribution in [0.15, 0.2) is 41.1 Å². The van der Waals surface area contributed by atoms with Crippen molar-refractivity contribution in [2.75, 3.05) is 26.3 Å². The van der Waals surface area contributed by atoms with E-state index in [-0.39, 0.29) is 27.5 Å². The number of carbonyl (C=O) groups excluding carboxylic acids is 1. The number of hydrogen-bond acceptors (Lipinski definition) is 3. The van der Waals surface area contributed by atoms with Crippen LogP contribution in [-0.4, -0.2) is 42.9 Å². The van der Waals surface area contributed by atoms with Crippen LogP contribution in [-0.2, 0) is 15.7 Å². The quantitative estimate of drug-likeness (QED) is 0.433. The molecule has 1 unspecified atom stereocenters. The Morgan fingerprint density at radius 2 is 2.00 bits per heavy atom. The zero-order valence-electron chi connectivity index (χ0n) is 16.1. The van der Waals surface area contributed by atoms with Crippen LogP contribution in [0.5, 0.6) is 0 Å². The number of nitrogens with one attached hydrogen (secondary N) is 1. The van der Waals surface area contributed by atoms with Crippen LogP contribution in [0, 0.1) is 0 Å². The molecule has 3 N–H and O–H groups in total. The van der Waals surface area contributed by atoms with E-state index in [1.54, 1.807) is 6.92 Å². The van der Waals surface area contributed by atoms with Gasteiger partial charge in [-0.2, -0.15) is 13.2 Å². The highest BCUT2D eigenvalue weighted by molar-refractivity contribution is 7.80. The van der Waals surface area contributed by atoms with Gasteiger partial charge in [0.1, 0.15) is 4.99 Å². The van der Waals surface area contributed by atoms with Gasteiger partial charge in [-0.05, 0) is 25.5 Å². The van der Waals surface area contributed by atoms with E-state index >= 15 is 0 Å². The summed E-state index contributed by atoms with van der Waals surface area (Å²) in [5, 5.41) is 14.4. The molecule has 1 fully saturated rings. The van der Waals surface area contributed by atoms with Crippen LogP contribution >= 0.6 is 12.2 Å². The average Bonchev–Trinajstić information content (AvgIpc) is 2.68. The van der Waals surface area contributed by atoms with E-state index in [0.717, 1.165) is 38.4 Å². The van der Waals surface area contributed by atoms with Gasteiger partial charge in [-0.25, -0.2) is 0 Å². The molecule has 156 valence electrons. The molecule has 0 bridgehead atoms. The van der Waals surface area contributed by atoms with Crippen molar-refractivity contribution in [3.05, 3.63) is 57.6 Å². The number of ketones is 1. The number of nitrogens with two attached hydrogens (primary N) is 1. The van der Waals surface area contributed by atoms with Crippen molar-refractivity contribution < 1.29 is 28.0 Å². The Hall–Kier alpha value is -2.32. The Kier molecular flexibility index (Phi) is 7.87. The number of halogens is 3. The van der Waals surface area contributed by atoms with Gasteiger partial charge in [0.25, 0.3) is 0 Å². The fourth-order valence-electron chi connectivity index (χ4n) is 3.19. The summed E-state index contributed by atoms with van der Waals surface area (Å²) in [6.45, 7) is 7.11. The number of morpholine rings is 1. The normalized spacial score (nSPS) is 19.7. The predicted octanol–water partition coefficient (Wildman–Crippen LogP) is 2.33. The smallest absolute Gasteiger partial charge is 0.416 e. The topological polar surface area (TPSA) is 77.2 Å². The lowest BCUT2D eigenvalue weighted by Crippen LogP contribution is -2.87. The summed E-state index contributed by atoms with van der Waals surface area (Å²) in [6.07, 6.45) is -4.51. The Morgan fingerprint density at radius 3 is 2.45 bits per heavy atom. The van der Waals surface area contributed by atoms with Gasteiger partial charge in [-0.15, -0.1) is 0 Å². The van der Waals surface area contributed by atoms with Gasteiger partial charge in [-0.3, -0.25) is 10.7 Å². The predicted molar refractivity (Wildman–Crippen MR) is 108 cm³/mol. The van der Waals surface area contributed by atoms with Gasteiger partial charge in [-0.1, -0.05) is 30.4 Å². The molecule has 3 rings (SSSR count). The van der Waals surface area contributed by atoms with Crippen molar-refractivity contribution in [2.45, 2.75) is 25.9 Å². The number of nitrogens with zero attached hydrogens (tertiary/aromatic N) is 1. The second-order valence-corrected chi connectivity index (χ2v) is 7.02. The minimum absolute atomic E-state index is 0.0649. The first-order valence-corrected chi connectivity index (χ1v) is 9.44. The molecule has 1 saturated heterocycles. The van der Waals surface area contributed by atoms with Crippen molar-refractivity contribution in [3.8, 4) is 0 Å². The molecule has 0 spiro atoms. The highest BCUT2D eigenvalue weighted by Crippen LogP contribution is 2.38. The lowest BCUT2D eigenvalue weighted by molar-refractivity contribution is -0.670. The number of hydrogen-bond donors (Lipinski definition) is 2. The van der Waals surface area contributed by atoms with Crippen molar-refractivity contribution >= 4 is 28.9 Å². The molecule has 29 heavy (non-hydrogen) atoms. The Bertz CT molecular complexity index is 858. The van der Waals surface area contributed by atoms with Gasteiger partial charge in [0.05, 0.1) is 31.9 Å². The van der Waals surface area contributed by atoms with Crippen molar-refractivity contribution in [2.24, 2.45) is 0 Å². The van der Waals surface area contributed by atoms with E-state index in [1.165, 1.54) is 19.1 Å². The van der Waals surface area contributed by atoms with Gasteiger partial charge < -0.3 is 20.8 Å². The molecule has 0 saturated carbocycles. The average molecular weight is 425 g/mol. The molecule has 2 aliphatic rings. The number of alkyl halides is 3. The standard InChI is InChI=1S/C16H12F3N2OS.C4H9NO/c1-8-13(9(2)22)14(12(7-20)15(23)21-8)10-4-3-5-11(6-10)16(17,18)19;1-3-6-4-2-5-1/h3-6,14H,1-2H3,(H,21,23);5H,1-4H2/q-1;/p+1. The fourth-order valence-corrected chi connectivity index (χ4v) is 3.50. The Labute approximate surface area is 172 Å². The third kappa shape index (κ3) is 5.83. The molecule has 0 aliphatic carbocycles. The first-order valence-electron chi connectivity index (χ1n) is 9.03. The van der Waals surface area contributed by atoms with Crippen LogP contribution in [0.2, 0.25) is 0 Å².